The number of hydrogen-bond acceptors (Lipinski definition) is 3. The summed E-state index contributed by atoms with van der Waals surface area (Å²) < 4.78 is 0. The smallest absolute Gasteiger partial charge is 0.255 e. The van der Waals surface area contributed by atoms with Gasteiger partial charge < -0.3 is 10.6 Å². The van der Waals surface area contributed by atoms with Gasteiger partial charge in [0.2, 0.25) is 0 Å². The van der Waals surface area contributed by atoms with Crippen LogP contribution in [0, 0.1) is 5.92 Å². The van der Waals surface area contributed by atoms with E-state index in [1.165, 1.54) is 0 Å². The summed E-state index contributed by atoms with van der Waals surface area (Å²) in [6, 6.07) is 0. The summed E-state index contributed by atoms with van der Waals surface area (Å²) >= 11 is 5.13. The first kappa shape index (κ1) is 12.2. The van der Waals surface area contributed by atoms with Crippen molar-refractivity contribution in [1.29, 1.82) is 0 Å². The number of ketones is 1. The molecule has 0 bridgehead atoms. The highest BCUT2D eigenvalue weighted by molar-refractivity contribution is 7.80. The van der Waals surface area contributed by atoms with Crippen molar-refractivity contribution < 1.29 is 9.59 Å². The third-order valence-electron chi connectivity index (χ3n) is 3.06. The molecule has 17 heavy (non-hydrogen) atoms. The van der Waals surface area contributed by atoms with E-state index < -0.39 is 5.54 Å². The zero-order valence-corrected chi connectivity index (χ0v) is 10.8. The third kappa shape index (κ3) is 2.54. The Morgan fingerprint density at radius 2 is 2.12 bits per heavy atom. The fourth-order valence-electron chi connectivity index (χ4n) is 2.18. The van der Waals surface area contributed by atoms with Gasteiger partial charge in [-0.3, -0.25) is 9.59 Å². The lowest BCUT2D eigenvalue weighted by Gasteiger charge is -2.31. The van der Waals surface area contributed by atoms with Crippen LogP contribution in [0.1, 0.15) is 26.7 Å². The van der Waals surface area contributed by atoms with Crippen LogP contribution in [0.4, 0.5) is 0 Å². The van der Waals surface area contributed by atoms with Gasteiger partial charge in [0.15, 0.2) is 5.78 Å². The lowest BCUT2D eigenvalue weighted by Crippen LogP contribution is -2.51. The Balaban J connectivity index is 2.21. The molecule has 1 amide bonds. The van der Waals surface area contributed by atoms with Crippen molar-refractivity contribution in [2.45, 2.75) is 32.2 Å². The quantitative estimate of drug-likeness (QED) is 0.410. The van der Waals surface area contributed by atoms with Gasteiger partial charge in [-0.05, 0) is 20.3 Å². The van der Waals surface area contributed by atoms with Crippen LogP contribution in [0.5, 0.6) is 0 Å². The van der Waals surface area contributed by atoms with Crippen LogP contribution in [-0.2, 0) is 9.59 Å². The fraction of sp³-hybridized carbons (Fsp3) is 0.583. The van der Waals surface area contributed by atoms with Crippen LogP contribution in [0.2, 0.25) is 0 Å². The molecule has 0 radical (unpaired) electrons. The third-order valence-corrected chi connectivity index (χ3v) is 3.51. The Kier molecular flexibility index (Phi) is 3.03. The number of carbonyl (C=O) groups is 2. The van der Waals surface area contributed by atoms with Crippen LogP contribution in [0.15, 0.2) is 11.6 Å². The highest BCUT2D eigenvalue weighted by Gasteiger charge is 2.35. The first-order valence-electron chi connectivity index (χ1n) is 5.74. The van der Waals surface area contributed by atoms with Gasteiger partial charge in [0.05, 0.1) is 10.6 Å². The number of piperidine rings is 1. The molecule has 2 aliphatic heterocycles. The molecule has 0 spiro atoms. The summed E-state index contributed by atoms with van der Waals surface area (Å²) in [5.74, 6) is -0.342. The molecule has 1 atom stereocenters. The lowest BCUT2D eigenvalue weighted by molar-refractivity contribution is -0.127. The number of Topliss-reactive ketones (excluding diaryl/α,β-unsaturated/α-hetero) is 1. The van der Waals surface area contributed by atoms with E-state index >= 15 is 0 Å². The van der Waals surface area contributed by atoms with E-state index in [4.69, 9.17) is 12.2 Å². The van der Waals surface area contributed by atoms with Gasteiger partial charge >= 0.3 is 0 Å². The second-order valence-corrected chi connectivity index (χ2v) is 5.64. The molecule has 0 aromatic heterocycles. The van der Waals surface area contributed by atoms with Crippen molar-refractivity contribution in [2.75, 3.05) is 6.54 Å². The highest BCUT2D eigenvalue weighted by atomic mass is 32.1. The maximum Gasteiger partial charge on any atom is 0.255 e. The lowest BCUT2D eigenvalue weighted by atomic mass is 9.87. The molecule has 0 aliphatic carbocycles. The van der Waals surface area contributed by atoms with Crippen molar-refractivity contribution in [3.63, 3.8) is 0 Å². The SMILES string of the molecule is CC1(C)CC(=O)/C(=C/[C@H]2CCNC2=S)C(=O)N1. The number of carbonyl (C=O) groups excluding carboxylic acids is 2. The summed E-state index contributed by atoms with van der Waals surface area (Å²) in [6.45, 7) is 4.51. The maximum atomic E-state index is 11.9. The minimum atomic E-state index is -0.445. The largest absolute Gasteiger partial charge is 0.379 e. The topological polar surface area (TPSA) is 58.2 Å². The van der Waals surface area contributed by atoms with E-state index in [0.717, 1.165) is 18.0 Å². The number of hydrogen-bond donors (Lipinski definition) is 2. The van der Waals surface area contributed by atoms with E-state index in [0.29, 0.717) is 6.42 Å². The van der Waals surface area contributed by atoms with Crippen LogP contribution in [0.3, 0.4) is 0 Å². The number of rotatable bonds is 1. The van der Waals surface area contributed by atoms with E-state index in [2.05, 4.69) is 10.6 Å². The monoisotopic (exact) mass is 252 g/mol. The first-order chi connectivity index (χ1) is 7.89. The molecule has 0 aromatic carbocycles. The molecule has 2 aliphatic rings. The van der Waals surface area contributed by atoms with Crippen LogP contribution in [0.25, 0.3) is 0 Å². The average molecular weight is 252 g/mol. The second-order valence-electron chi connectivity index (χ2n) is 5.20. The van der Waals surface area contributed by atoms with Gasteiger partial charge in [-0.15, -0.1) is 0 Å². The van der Waals surface area contributed by atoms with E-state index in [1.807, 2.05) is 13.8 Å². The first-order valence-corrected chi connectivity index (χ1v) is 6.15. The van der Waals surface area contributed by atoms with E-state index in [-0.39, 0.29) is 23.2 Å². The average Bonchev–Trinajstić information content (AvgIpc) is 2.56. The molecule has 0 unspecified atom stereocenters. The van der Waals surface area contributed by atoms with Gasteiger partial charge in [0.1, 0.15) is 0 Å². The molecule has 2 N–H and O–H groups in total. The zero-order valence-electron chi connectivity index (χ0n) is 10.0. The Hall–Kier alpha value is -1.23. The van der Waals surface area contributed by atoms with Gasteiger partial charge in [-0.1, -0.05) is 18.3 Å². The molecule has 2 heterocycles. The van der Waals surface area contributed by atoms with Crippen molar-refractivity contribution in [2.24, 2.45) is 5.92 Å². The molecule has 5 heteroatoms. The van der Waals surface area contributed by atoms with Crippen molar-refractivity contribution >= 4 is 28.9 Å². The van der Waals surface area contributed by atoms with Gasteiger partial charge in [0, 0.05) is 24.4 Å². The standard InChI is InChI=1S/C12H16N2O2S/c1-12(2)6-9(15)8(10(16)14-12)5-7-3-4-13-11(7)17/h5,7H,3-4,6H2,1-2H3,(H,13,17)(H,14,16)/b8-5-/t7-/m1/s1. The highest BCUT2D eigenvalue weighted by Crippen LogP contribution is 2.22. The second kappa shape index (κ2) is 4.22. The molecule has 0 saturated carbocycles. The van der Waals surface area contributed by atoms with Gasteiger partial charge in [-0.25, -0.2) is 0 Å². The molecule has 2 fully saturated rings. The van der Waals surface area contributed by atoms with E-state index in [1.54, 1.807) is 6.08 Å². The number of thiocarbonyl (C=S) groups is 1. The Morgan fingerprint density at radius 3 is 2.65 bits per heavy atom. The fourth-order valence-corrected chi connectivity index (χ4v) is 2.47. The Morgan fingerprint density at radius 1 is 1.41 bits per heavy atom. The predicted molar refractivity (Wildman–Crippen MR) is 68.6 cm³/mol. The van der Waals surface area contributed by atoms with Gasteiger partial charge in [0.25, 0.3) is 5.91 Å². The molecule has 92 valence electrons. The van der Waals surface area contributed by atoms with Gasteiger partial charge in [-0.2, -0.15) is 0 Å². The van der Waals surface area contributed by atoms with Crippen molar-refractivity contribution in [1.82, 2.24) is 10.6 Å². The summed E-state index contributed by atoms with van der Waals surface area (Å²) in [7, 11) is 0. The predicted octanol–water partition coefficient (Wildman–Crippen LogP) is 0.717. The number of nitrogens with one attached hydrogen (secondary N) is 2. The summed E-state index contributed by atoms with van der Waals surface area (Å²) in [5.41, 5.74) is -0.180. The van der Waals surface area contributed by atoms with Crippen LogP contribution in [-0.4, -0.2) is 28.8 Å². The van der Waals surface area contributed by atoms with Crippen molar-refractivity contribution in [3.05, 3.63) is 11.6 Å². The van der Waals surface area contributed by atoms with Crippen LogP contribution >= 0.6 is 12.2 Å². The molecule has 2 rings (SSSR count). The zero-order chi connectivity index (χ0) is 12.6. The number of amides is 1. The molecule has 0 aromatic rings. The Bertz CT molecular complexity index is 404. The summed E-state index contributed by atoms with van der Waals surface area (Å²) in [6.07, 6.45) is 2.92. The minimum Gasteiger partial charge on any atom is -0.379 e. The van der Waals surface area contributed by atoms with Crippen molar-refractivity contribution in [3.8, 4) is 0 Å². The minimum absolute atomic E-state index is 0.0240. The molecule has 4 nitrogen and oxygen atoms in total. The van der Waals surface area contributed by atoms with Crippen LogP contribution < -0.4 is 10.6 Å². The summed E-state index contributed by atoms with van der Waals surface area (Å²) in [5, 5.41) is 5.88. The molecule has 2 saturated heterocycles. The van der Waals surface area contributed by atoms with E-state index in [9.17, 15) is 9.59 Å². The molecular formula is C12H16N2O2S. The Labute approximate surface area is 106 Å². The normalized spacial score (nSPS) is 30.4. The molecular weight excluding hydrogens is 236 g/mol. The maximum absolute atomic E-state index is 11.9. The summed E-state index contributed by atoms with van der Waals surface area (Å²) in [4.78, 5) is 24.5.